The number of rotatable bonds is 9. The monoisotopic (exact) mass is 436 g/mol. The summed E-state index contributed by atoms with van der Waals surface area (Å²) >= 11 is 0. The summed E-state index contributed by atoms with van der Waals surface area (Å²) in [6, 6.07) is 18.6. The molecule has 32 heavy (non-hydrogen) atoms. The number of nitrogens with one attached hydrogen (secondary N) is 1. The summed E-state index contributed by atoms with van der Waals surface area (Å²) in [5, 5.41) is 4.80. The zero-order valence-electron chi connectivity index (χ0n) is 18.7. The smallest absolute Gasteiger partial charge is 0.261 e. The third-order valence-electron chi connectivity index (χ3n) is 5.22. The van der Waals surface area contributed by atoms with Crippen LogP contribution in [0.4, 0.5) is 4.39 Å². The van der Waals surface area contributed by atoms with Gasteiger partial charge in [0.2, 0.25) is 5.91 Å². The fourth-order valence-electron chi connectivity index (χ4n) is 3.37. The van der Waals surface area contributed by atoms with E-state index >= 15 is 0 Å². The molecule has 1 atom stereocenters. The van der Waals surface area contributed by atoms with Gasteiger partial charge in [-0.05, 0) is 42.0 Å². The van der Waals surface area contributed by atoms with Crippen LogP contribution in [0, 0.1) is 11.7 Å². The first-order chi connectivity index (χ1) is 15.3. The Bertz CT molecular complexity index is 1060. The summed E-state index contributed by atoms with van der Waals surface area (Å²) in [4.78, 5) is 27.3. The van der Waals surface area contributed by atoms with E-state index in [9.17, 15) is 14.0 Å². The molecule has 0 aliphatic rings. The zero-order chi connectivity index (χ0) is 23.1. The standard InChI is InChI=1S/C26H29FN2O3/c1-18(2)15-28-26(31)19(3)29(16-20-11-13-22(27)14-12-20)25(30)17-32-24-10-6-8-21-7-4-5-9-23(21)24/h4-14,18-19H,15-17H2,1-3H3,(H,28,31)/t19-/m0/s1. The molecule has 6 heteroatoms. The van der Waals surface area contributed by atoms with Gasteiger partial charge < -0.3 is 15.0 Å². The number of hydrogen-bond donors (Lipinski definition) is 1. The topological polar surface area (TPSA) is 58.6 Å². The van der Waals surface area contributed by atoms with Gasteiger partial charge in [-0.2, -0.15) is 0 Å². The molecule has 0 bridgehead atoms. The quantitative estimate of drug-likeness (QED) is 0.536. The highest BCUT2D eigenvalue weighted by Crippen LogP contribution is 2.25. The molecule has 3 aromatic rings. The number of amides is 2. The van der Waals surface area contributed by atoms with Crippen molar-refractivity contribution >= 4 is 22.6 Å². The highest BCUT2D eigenvalue weighted by atomic mass is 19.1. The molecule has 0 radical (unpaired) electrons. The highest BCUT2D eigenvalue weighted by molar-refractivity contribution is 5.90. The van der Waals surface area contributed by atoms with Crippen LogP contribution in [-0.2, 0) is 16.1 Å². The van der Waals surface area contributed by atoms with Gasteiger partial charge in [-0.3, -0.25) is 9.59 Å². The molecule has 5 nitrogen and oxygen atoms in total. The lowest BCUT2D eigenvalue weighted by molar-refractivity contribution is -0.142. The second-order valence-electron chi connectivity index (χ2n) is 8.23. The molecule has 0 heterocycles. The fraction of sp³-hybridized carbons (Fsp3) is 0.308. The van der Waals surface area contributed by atoms with E-state index < -0.39 is 6.04 Å². The Hall–Kier alpha value is -3.41. The van der Waals surface area contributed by atoms with Crippen LogP contribution in [0.25, 0.3) is 10.8 Å². The van der Waals surface area contributed by atoms with Crippen molar-refractivity contribution in [2.24, 2.45) is 5.92 Å². The van der Waals surface area contributed by atoms with Crippen LogP contribution in [0.3, 0.4) is 0 Å². The van der Waals surface area contributed by atoms with E-state index in [1.165, 1.54) is 17.0 Å². The zero-order valence-corrected chi connectivity index (χ0v) is 18.7. The Balaban J connectivity index is 1.76. The summed E-state index contributed by atoms with van der Waals surface area (Å²) in [7, 11) is 0. The average Bonchev–Trinajstić information content (AvgIpc) is 2.80. The molecule has 0 saturated heterocycles. The molecule has 0 spiro atoms. The van der Waals surface area contributed by atoms with E-state index in [0.717, 1.165) is 16.3 Å². The molecule has 0 unspecified atom stereocenters. The second-order valence-corrected chi connectivity index (χ2v) is 8.23. The molecule has 0 saturated carbocycles. The van der Waals surface area contributed by atoms with E-state index in [1.807, 2.05) is 56.3 Å². The molecular weight excluding hydrogens is 407 g/mol. The van der Waals surface area contributed by atoms with E-state index in [4.69, 9.17) is 4.74 Å². The average molecular weight is 437 g/mol. The van der Waals surface area contributed by atoms with Gasteiger partial charge in [-0.1, -0.05) is 62.4 Å². The fourth-order valence-corrected chi connectivity index (χ4v) is 3.37. The normalized spacial score (nSPS) is 11.9. The van der Waals surface area contributed by atoms with Gasteiger partial charge >= 0.3 is 0 Å². The summed E-state index contributed by atoms with van der Waals surface area (Å²) in [6.45, 7) is 6.18. The molecule has 2 amide bonds. The number of hydrogen-bond acceptors (Lipinski definition) is 3. The number of ether oxygens (including phenoxy) is 1. The maximum atomic E-state index is 13.3. The predicted molar refractivity (Wildman–Crippen MR) is 124 cm³/mol. The van der Waals surface area contributed by atoms with E-state index in [-0.39, 0.29) is 30.8 Å². The Morgan fingerprint density at radius 1 is 0.969 bits per heavy atom. The third kappa shape index (κ3) is 6.06. The molecule has 1 N–H and O–H groups in total. The van der Waals surface area contributed by atoms with Crippen molar-refractivity contribution in [2.75, 3.05) is 13.2 Å². The molecular formula is C26H29FN2O3. The first-order valence-electron chi connectivity index (χ1n) is 10.8. The first kappa shape index (κ1) is 23.3. The number of halogens is 1. The van der Waals surface area contributed by atoms with Crippen LogP contribution >= 0.6 is 0 Å². The van der Waals surface area contributed by atoms with E-state index in [2.05, 4.69) is 5.32 Å². The van der Waals surface area contributed by atoms with Crippen molar-refractivity contribution in [3.05, 3.63) is 78.1 Å². The van der Waals surface area contributed by atoms with Crippen molar-refractivity contribution < 1.29 is 18.7 Å². The van der Waals surface area contributed by atoms with Crippen molar-refractivity contribution in [3.8, 4) is 5.75 Å². The minimum Gasteiger partial charge on any atom is -0.483 e. The van der Waals surface area contributed by atoms with Crippen LogP contribution in [0.15, 0.2) is 66.7 Å². The van der Waals surface area contributed by atoms with Gasteiger partial charge in [-0.25, -0.2) is 4.39 Å². The number of fused-ring (bicyclic) bond motifs is 1. The molecule has 168 valence electrons. The summed E-state index contributed by atoms with van der Waals surface area (Å²) in [6.07, 6.45) is 0. The Morgan fingerprint density at radius 3 is 2.38 bits per heavy atom. The number of nitrogens with zero attached hydrogens (tertiary/aromatic N) is 1. The summed E-state index contributed by atoms with van der Waals surface area (Å²) in [5.41, 5.74) is 0.730. The van der Waals surface area contributed by atoms with Crippen molar-refractivity contribution in [1.82, 2.24) is 10.2 Å². The van der Waals surface area contributed by atoms with Gasteiger partial charge in [0.15, 0.2) is 6.61 Å². The molecule has 3 rings (SSSR count). The SMILES string of the molecule is CC(C)CNC(=O)[C@H](C)N(Cc1ccc(F)cc1)C(=O)COc1cccc2ccccc12. The largest absolute Gasteiger partial charge is 0.483 e. The van der Waals surface area contributed by atoms with Crippen LogP contribution in [-0.4, -0.2) is 35.9 Å². The Labute approximate surface area is 188 Å². The lowest BCUT2D eigenvalue weighted by atomic mass is 10.1. The van der Waals surface area contributed by atoms with Crippen molar-refractivity contribution in [3.63, 3.8) is 0 Å². The van der Waals surface area contributed by atoms with Gasteiger partial charge in [0.05, 0.1) is 0 Å². The lowest BCUT2D eigenvalue weighted by Crippen LogP contribution is -2.49. The number of carbonyl (C=O) groups excluding carboxylic acids is 2. The minimum absolute atomic E-state index is 0.175. The lowest BCUT2D eigenvalue weighted by Gasteiger charge is -2.29. The maximum absolute atomic E-state index is 13.3. The third-order valence-corrected chi connectivity index (χ3v) is 5.22. The Kier molecular flexibility index (Phi) is 7.82. The van der Waals surface area contributed by atoms with Crippen LogP contribution < -0.4 is 10.1 Å². The molecule has 0 aliphatic heterocycles. The molecule has 0 aromatic heterocycles. The van der Waals surface area contributed by atoms with Crippen molar-refractivity contribution in [2.45, 2.75) is 33.4 Å². The summed E-state index contributed by atoms with van der Waals surface area (Å²) in [5.74, 6) is -0.0143. The second kappa shape index (κ2) is 10.8. The van der Waals surface area contributed by atoms with E-state index in [0.29, 0.717) is 18.2 Å². The van der Waals surface area contributed by atoms with Gasteiger partial charge in [0, 0.05) is 18.5 Å². The Morgan fingerprint density at radius 2 is 1.66 bits per heavy atom. The van der Waals surface area contributed by atoms with Crippen LogP contribution in [0.1, 0.15) is 26.3 Å². The van der Waals surface area contributed by atoms with Gasteiger partial charge in [0.1, 0.15) is 17.6 Å². The number of carbonyl (C=O) groups is 2. The van der Waals surface area contributed by atoms with E-state index in [1.54, 1.807) is 19.1 Å². The number of benzene rings is 3. The van der Waals surface area contributed by atoms with Crippen LogP contribution in [0.5, 0.6) is 5.75 Å². The van der Waals surface area contributed by atoms with Gasteiger partial charge in [-0.15, -0.1) is 0 Å². The van der Waals surface area contributed by atoms with Crippen LogP contribution in [0.2, 0.25) is 0 Å². The van der Waals surface area contributed by atoms with Crippen molar-refractivity contribution in [1.29, 1.82) is 0 Å². The molecule has 3 aromatic carbocycles. The maximum Gasteiger partial charge on any atom is 0.261 e. The summed E-state index contributed by atoms with van der Waals surface area (Å²) < 4.78 is 19.2. The van der Waals surface area contributed by atoms with Gasteiger partial charge in [0.25, 0.3) is 5.91 Å². The predicted octanol–water partition coefficient (Wildman–Crippen LogP) is 4.55. The minimum atomic E-state index is -0.706. The molecule has 0 aliphatic carbocycles. The first-order valence-corrected chi connectivity index (χ1v) is 10.8. The molecule has 0 fully saturated rings. The highest BCUT2D eigenvalue weighted by Gasteiger charge is 2.26.